The van der Waals surface area contributed by atoms with Crippen molar-refractivity contribution in [2.24, 2.45) is 0 Å². The molecule has 0 spiro atoms. The Labute approximate surface area is 156 Å². The third kappa shape index (κ3) is 4.46. The zero-order valence-electron chi connectivity index (χ0n) is 14.5. The zero-order valence-corrected chi connectivity index (χ0v) is 15.3. The van der Waals surface area contributed by atoms with Gasteiger partial charge in [-0.05, 0) is 49.4 Å². The van der Waals surface area contributed by atoms with Crippen molar-refractivity contribution in [1.29, 1.82) is 0 Å². The van der Waals surface area contributed by atoms with E-state index in [9.17, 15) is 9.18 Å². The molecule has 0 aliphatic carbocycles. The Morgan fingerprint density at radius 1 is 1.08 bits per heavy atom. The molecule has 0 N–H and O–H groups in total. The summed E-state index contributed by atoms with van der Waals surface area (Å²) in [6, 6.07) is 17.4. The number of rotatable bonds is 5. The van der Waals surface area contributed by atoms with Gasteiger partial charge in [-0.15, -0.1) is 0 Å². The lowest BCUT2D eigenvalue weighted by Gasteiger charge is -2.16. The number of carbonyl (C=O) groups excluding carboxylic acids is 1. The van der Waals surface area contributed by atoms with Crippen molar-refractivity contribution in [1.82, 2.24) is 9.97 Å². The van der Waals surface area contributed by atoms with Gasteiger partial charge in [0.15, 0.2) is 5.82 Å². The SMILES string of the molecule is Cc1cc(SCC(=O)N(C)c2ccccc2)nc(-c2ccc(F)cc2)n1. The van der Waals surface area contributed by atoms with Gasteiger partial charge in [0.1, 0.15) is 10.8 Å². The average molecular weight is 367 g/mol. The van der Waals surface area contributed by atoms with Gasteiger partial charge in [0.2, 0.25) is 5.91 Å². The van der Waals surface area contributed by atoms with Crippen LogP contribution in [0.2, 0.25) is 0 Å². The minimum atomic E-state index is -0.300. The number of anilines is 1. The second-order valence-electron chi connectivity index (χ2n) is 5.76. The average Bonchev–Trinajstić information content (AvgIpc) is 2.66. The van der Waals surface area contributed by atoms with Gasteiger partial charge in [0, 0.05) is 24.0 Å². The highest BCUT2D eigenvalue weighted by Crippen LogP contribution is 2.23. The summed E-state index contributed by atoms with van der Waals surface area (Å²) in [6.07, 6.45) is 0. The first-order valence-electron chi connectivity index (χ1n) is 8.09. The predicted octanol–water partition coefficient (Wildman–Crippen LogP) is 4.35. The number of hydrogen-bond donors (Lipinski definition) is 0. The molecule has 6 heteroatoms. The van der Waals surface area contributed by atoms with Gasteiger partial charge >= 0.3 is 0 Å². The van der Waals surface area contributed by atoms with Gasteiger partial charge in [0.25, 0.3) is 0 Å². The Balaban J connectivity index is 1.72. The summed E-state index contributed by atoms with van der Waals surface area (Å²) in [5.74, 6) is 0.479. The fourth-order valence-electron chi connectivity index (χ4n) is 2.37. The highest BCUT2D eigenvalue weighted by atomic mass is 32.2. The maximum absolute atomic E-state index is 13.1. The van der Waals surface area contributed by atoms with Crippen LogP contribution in [0.3, 0.4) is 0 Å². The molecule has 0 fully saturated rings. The van der Waals surface area contributed by atoms with E-state index in [1.54, 1.807) is 24.1 Å². The largest absolute Gasteiger partial charge is 0.315 e. The van der Waals surface area contributed by atoms with Crippen LogP contribution in [-0.4, -0.2) is 28.7 Å². The molecule has 0 aliphatic rings. The van der Waals surface area contributed by atoms with Gasteiger partial charge in [0.05, 0.1) is 5.75 Å². The summed E-state index contributed by atoms with van der Waals surface area (Å²) in [7, 11) is 1.76. The van der Waals surface area contributed by atoms with Crippen LogP contribution in [0.25, 0.3) is 11.4 Å². The molecule has 1 amide bonds. The van der Waals surface area contributed by atoms with Crippen LogP contribution in [0, 0.1) is 12.7 Å². The monoisotopic (exact) mass is 367 g/mol. The van der Waals surface area contributed by atoms with Crippen molar-refractivity contribution >= 4 is 23.4 Å². The van der Waals surface area contributed by atoms with Crippen molar-refractivity contribution < 1.29 is 9.18 Å². The zero-order chi connectivity index (χ0) is 18.5. The van der Waals surface area contributed by atoms with Gasteiger partial charge in [-0.25, -0.2) is 14.4 Å². The van der Waals surface area contributed by atoms with E-state index in [1.165, 1.54) is 23.9 Å². The smallest absolute Gasteiger partial charge is 0.237 e. The molecule has 3 rings (SSSR count). The summed E-state index contributed by atoms with van der Waals surface area (Å²) in [5, 5.41) is 0.714. The van der Waals surface area contributed by atoms with E-state index in [1.807, 2.05) is 43.3 Å². The molecule has 0 saturated carbocycles. The Morgan fingerprint density at radius 2 is 1.77 bits per heavy atom. The molecule has 0 saturated heterocycles. The molecule has 1 aromatic heterocycles. The Morgan fingerprint density at radius 3 is 2.46 bits per heavy atom. The van der Waals surface area contributed by atoms with E-state index >= 15 is 0 Å². The predicted molar refractivity (Wildman–Crippen MR) is 103 cm³/mol. The Hall–Kier alpha value is -2.73. The molecular weight excluding hydrogens is 349 g/mol. The van der Waals surface area contributed by atoms with Crippen molar-refractivity contribution in [3.05, 3.63) is 72.2 Å². The van der Waals surface area contributed by atoms with E-state index in [-0.39, 0.29) is 17.5 Å². The second-order valence-corrected chi connectivity index (χ2v) is 6.75. The van der Waals surface area contributed by atoms with E-state index in [4.69, 9.17) is 0 Å². The standard InChI is InChI=1S/C20H18FN3OS/c1-14-12-18(23-20(22-14)15-8-10-16(21)11-9-15)26-13-19(25)24(2)17-6-4-3-5-7-17/h3-12H,13H2,1-2H3. The Kier molecular flexibility index (Phi) is 5.63. The first kappa shape index (κ1) is 18.1. The van der Waals surface area contributed by atoms with E-state index in [0.29, 0.717) is 10.9 Å². The number of thioether (sulfide) groups is 1. The van der Waals surface area contributed by atoms with Crippen molar-refractivity contribution in [3.63, 3.8) is 0 Å². The van der Waals surface area contributed by atoms with Gasteiger partial charge in [-0.1, -0.05) is 30.0 Å². The molecule has 0 bridgehead atoms. The molecule has 1 heterocycles. The highest BCUT2D eigenvalue weighted by molar-refractivity contribution is 7.99. The molecule has 26 heavy (non-hydrogen) atoms. The highest BCUT2D eigenvalue weighted by Gasteiger charge is 2.13. The molecule has 0 aliphatic heterocycles. The fourth-order valence-corrected chi connectivity index (χ4v) is 3.24. The van der Waals surface area contributed by atoms with Crippen LogP contribution in [0.15, 0.2) is 65.7 Å². The number of hydrogen-bond acceptors (Lipinski definition) is 4. The van der Waals surface area contributed by atoms with Gasteiger partial charge in [-0.3, -0.25) is 4.79 Å². The van der Waals surface area contributed by atoms with Crippen LogP contribution >= 0.6 is 11.8 Å². The number of nitrogens with zero attached hydrogens (tertiary/aromatic N) is 3. The molecule has 3 aromatic rings. The second kappa shape index (κ2) is 8.10. The van der Waals surface area contributed by atoms with Crippen LogP contribution < -0.4 is 4.90 Å². The third-order valence-electron chi connectivity index (χ3n) is 3.79. The maximum Gasteiger partial charge on any atom is 0.237 e. The van der Waals surface area contributed by atoms with Crippen LogP contribution in [-0.2, 0) is 4.79 Å². The summed E-state index contributed by atoms with van der Waals surface area (Å²) in [6.45, 7) is 1.87. The minimum Gasteiger partial charge on any atom is -0.315 e. The first-order valence-corrected chi connectivity index (χ1v) is 9.07. The molecule has 132 valence electrons. The summed E-state index contributed by atoms with van der Waals surface area (Å²) in [4.78, 5) is 22.9. The first-order chi connectivity index (χ1) is 12.5. The number of aromatic nitrogens is 2. The number of benzene rings is 2. The topological polar surface area (TPSA) is 46.1 Å². The quantitative estimate of drug-likeness (QED) is 0.497. The lowest BCUT2D eigenvalue weighted by Crippen LogP contribution is -2.27. The summed E-state index contributed by atoms with van der Waals surface area (Å²) < 4.78 is 13.1. The number of amides is 1. The van der Waals surface area contributed by atoms with E-state index < -0.39 is 0 Å². The maximum atomic E-state index is 13.1. The lowest BCUT2D eigenvalue weighted by molar-refractivity contribution is -0.115. The van der Waals surface area contributed by atoms with Gasteiger partial charge < -0.3 is 4.90 Å². The minimum absolute atomic E-state index is 0.0132. The summed E-state index contributed by atoms with van der Waals surface area (Å²) >= 11 is 1.36. The lowest BCUT2D eigenvalue weighted by atomic mass is 10.2. The van der Waals surface area contributed by atoms with E-state index in [2.05, 4.69) is 9.97 Å². The third-order valence-corrected chi connectivity index (χ3v) is 4.69. The number of halogens is 1. The van der Waals surface area contributed by atoms with Gasteiger partial charge in [-0.2, -0.15) is 0 Å². The fraction of sp³-hybridized carbons (Fsp3) is 0.150. The number of para-hydroxylation sites is 1. The number of carbonyl (C=O) groups is 1. The molecular formula is C20H18FN3OS. The van der Waals surface area contributed by atoms with Crippen LogP contribution in [0.5, 0.6) is 0 Å². The van der Waals surface area contributed by atoms with E-state index in [0.717, 1.165) is 16.9 Å². The molecule has 0 atom stereocenters. The summed E-state index contributed by atoms with van der Waals surface area (Å²) in [5.41, 5.74) is 2.39. The molecule has 4 nitrogen and oxygen atoms in total. The normalized spacial score (nSPS) is 10.6. The van der Waals surface area contributed by atoms with Crippen LogP contribution in [0.1, 0.15) is 5.69 Å². The van der Waals surface area contributed by atoms with Crippen molar-refractivity contribution in [2.75, 3.05) is 17.7 Å². The molecule has 0 unspecified atom stereocenters. The molecule has 0 radical (unpaired) electrons. The molecule has 2 aromatic carbocycles. The van der Waals surface area contributed by atoms with Crippen LogP contribution in [0.4, 0.5) is 10.1 Å². The number of aryl methyl sites for hydroxylation is 1. The Bertz CT molecular complexity index is 901. The van der Waals surface area contributed by atoms with Crippen molar-refractivity contribution in [3.8, 4) is 11.4 Å². The van der Waals surface area contributed by atoms with Crippen molar-refractivity contribution in [2.45, 2.75) is 11.9 Å².